The Balaban J connectivity index is 1.50. The summed E-state index contributed by atoms with van der Waals surface area (Å²) in [7, 11) is 1.62. The van der Waals surface area contributed by atoms with Gasteiger partial charge in [-0.1, -0.05) is 42.5 Å². The van der Waals surface area contributed by atoms with Crippen LogP contribution in [0.15, 0.2) is 48.5 Å². The van der Waals surface area contributed by atoms with Crippen molar-refractivity contribution in [2.24, 2.45) is 0 Å². The fourth-order valence-corrected chi connectivity index (χ4v) is 5.05. The first-order valence-electron chi connectivity index (χ1n) is 11.3. The smallest absolute Gasteiger partial charge is 0.257 e. The van der Waals surface area contributed by atoms with Gasteiger partial charge in [-0.15, -0.1) is 0 Å². The minimum absolute atomic E-state index is 0.0326. The van der Waals surface area contributed by atoms with E-state index in [0.717, 1.165) is 31.2 Å². The molecule has 5 heteroatoms. The molecule has 2 heterocycles. The summed E-state index contributed by atoms with van der Waals surface area (Å²) >= 11 is 0. The second kappa shape index (κ2) is 9.41. The number of carbonyl (C=O) groups excluding carboxylic acids is 1. The molecule has 166 valence electrons. The first kappa shape index (κ1) is 21.8. The van der Waals surface area contributed by atoms with Crippen molar-refractivity contribution >= 4 is 5.91 Å². The molecule has 31 heavy (non-hydrogen) atoms. The summed E-state index contributed by atoms with van der Waals surface area (Å²) in [5.41, 5.74) is 2.57. The minimum atomic E-state index is -0.245. The van der Waals surface area contributed by atoms with E-state index in [2.05, 4.69) is 31.2 Å². The third-order valence-electron chi connectivity index (χ3n) is 6.67. The number of hydrogen-bond donors (Lipinski definition) is 0. The van der Waals surface area contributed by atoms with Crippen LogP contribution >= 0.6 is 0 Å². The third-order valence-corrected chi connectivity index (χ3v) is 6.67. The topological polar surface area (TPSA) is 48.0 Å². The van der Waals surface area contributed by atoms with Crippen molar-refractivity contribution in [1.29, 1.82) is 0 Å². The summed E-state index contributed by atoms with van der Waals surface area (Å²) in [5, 5.41) is 0. The molecule has 2 fully saturated rings. The first-order chi connectivity index (χ1) is 15.0. The van der Waals surface area contributed by atoms with Gasteiger partial charge >= 0.3 is 0 Å². The molecule has 1 amide bonds. The minimum Gasteiger partial charge on any atom is -0.496 e. The van der Waals surface area contributed by atoms with Gasteiger partial charge in [0.1, 0.15) is 5.75 Å². The van der Waals surface area contributed by atoms with E-state index in [1.165, 1.54) is 5.56 Å². The van der Waals surface area contributed by atoms with Crippen molar-refractivity contribution in [2.45, 2.75) is 57.3 Å². The zero-order valence-corrected chi connectivity index (χ0v) is 18.8. The Morgan fingerprint density at radius 2 is 1.87 bits per heavy atom. The highest BCUT2D eigenvalue weighted by Crippen LogP contribution is 2.44. The lowest BCUT2D eigenvalue weighted by Gasteiger charge is -2.49. The van der Waals surface area contributed by atoms with Gasteiger partial charge in [-0.05, 0) is 43.9 Å². The molecule has 2 aliphatic heterocycles. The molecule has 2 aromatic rings. The lowest BCUT2D eigenvalue weighted by Crippen LogP contribution is -2.52. The quantitative estimate of drug-likeness (QED) is 0.684. The number of benzene rings is 2. The predicted octanol–water partition coefficient (Wildman–Crippen LogP) is 4.94. The first-order valence-corrected chi connectivity index (χ1v) is 11.3. The normalized spacial score (nSPS) is 23.0. The Bertz CT molecular complexity index is 890. The van der Waals surface area contributed by atoms with Gasteiger partial charge in [0.25, 0.3) is 5.91 Å². The van der Waals surface area contributed by atoms with Gasteiger partial charge in [-0.2, -0.15) is 0 Å². The average molecular weight is 424 g/mol. The summed E-state index contributed by atoms with van der Waals surface area (Å²) < 4.78 is 18.3. The Hall–Kier alpha value is -2.37. The number of rotatable bonds is 5. The van der Waals surface area contributed by atoms with Crippen LogP contribution in [-0.4, -0.2) is 49.3 Å². The zero-order chi connectivity index (χ0) is 21.8. The molecule has 4 rings (SSSR count). The van der Waals surface area contributed by atoms with Gasteiger partial charge in [0.05, 0.1) is 30.5 Å². The van der Waals surface area contributed by atoms with Gasteiger partial charge in [0.15, 0.2) is 0 Å². The van der Waals surface area contributed by atoms with Gasteiger partial charge in [-0.3, -0.25) is 4.79 Å². The second-order valence-electron chi connectivity index (χ2n) is 8.66. The number of hydrogen-bond acceptors (Lipinski definition) is 4. The molecule has 1 spiro atoms. The molecule has 2 atom stereocenters. The van der Waals surface area contributed by atoms with E-state index in [4.69, 9.17) is 14.2 Å². The molecule has 0 unspecified atom stereocenters. The van der Waals surface area contributed by atoms with Gasteiger partial charge in [0.2, 0.25) is 0 Å². The van der Waals surface area contributed by atoms with E-state index < -0.39 is 0 Å². The maximum atomic E-state index is 13.3. The maximum absolute atomic E-state index is 13.3. The van der Waals surface area contributed by atoms with Crippen LogP contribution in [0.2, 0.25) is 0 Å². The van der Waals surface area contributed by atoms with Crippen LogP contribution in [0.25, 0.3) is 0 Å². The standard InChI is InChI=1S/C26H33NO4/c1-4-30-21-17-23(20-10-6-5-7-11-20)31-26(18-21)13-15-27(16-14-26)25(28)24-19(2)9-8-12-22(24)29-3/h5-12,21,23H,4,13-18H2,1-3H3/t21-,23-/m0/s1. The Morgan fingerprint density at radius 1 is 1.13 bits per heavy atom. The second-order valence-corrected chi connectivity index (χ2v) is 8.66. The molecule has 0 bridgehead atoms. The summed E-state index contributed by atoms with van der Waals surface area (Å²) in [6.45, 7) is 6.08. The molecule has 2 aliphatic rings. The van der Waals surface area contributed by atoms with E-state index in [9.17, 15) is 4.79 Å². The van der Waals surface area contributed by atoms with E-state index in [-0.39, 0.29) is 23.7 Å². The van der Waals surface area contributed by atoms with E-state index in [1.54, 1.807) is 7.11 Å². The SMILES string of the molecule is CCO[C@H]1C[C@@H](c2ccccc2)OC2(CCN(C(=O)c3c(C)cccc3OC)CC2)C1. The van der Waals surface area contributed by atoms with Gasteiger partial charge in [-0.25, -0.2) is 0 Å². The zero-order valence-electron chi connectivity index (χ0n) is 18.8. The van der Waals surface area contributed by atoms with Gasteiger partial charge < -0.3 is 19.1 Å². The number of likely N-dealkylation sites (tertiary alicyclic amines) is 1. The molecule has 0 aromatic heterocycles. The maximum Gasteiger partial charge on any atom is 0.257 e. The lowest BCUT2D eigenvalue weighted by atomic mass is 9.80. The Kier molecular flexibility index (Phi) is 6.63. The molecule has 5 nitrogen and oxygen atoms in total. The summed E-state index contributed by atoms with van der Waals surface area (Å²) in [5.74, 6) is 0.682. The number of amides is 1. The predicted molar refractivity (Wildman–Crippen MR) is 121 cm³/mol. The number of piperidine rings is 1. The van der Waals surface area contributed by atoms with Crippen LogP contribution < -0.4 is 4.74 Å². The van der Waals surface area contributed by atoms with Crippen LogP contribution in [0.3, 0.4) is 0 Å². The lowest BCUT2D eigenvalue weighted by molar-refractivity contribution is -0.190. The van der Waals surface area contributed by atoms with Gasteiger partial charge in [0, 0.05) is 32.5 Å². The number of nitrogens with zero attached hydrogens (tertiary/aromatic N) is 1. The van der Waals surface area contributed by atoms with Crippen molar-refractivity contribution in [3.8, 4) is 5.75 Å². The highest BCUT2D eigenvalue weighted by atomic mass is 16.5. The summed E-state index contributed by atoms with van der Waals surface area (Å²) in [4.78, 5) is 15.3. The molecule has 2 aromatic carbocycles. The molecule has 2 saturated heterocycles. The van der Waals surface area contributed by atoms with Crippen molar-refractivity contribution in [1.82, 2.24) is 4.90 Å². The van der Waals surface area contributed by atoms with E-state index in [1.807, 2.05) is 36.1 Å². The van der Waals surface area contributed by atoms with Crippen LogP contribution in [0.1, 0.15) is 60.2 Å². The molecule has 0 aliphatic carbocycles. The van der Waals surface area contributed by atoms with E-state index >= 15 is 0 Å². The monoisotopic (exact) mass is 423 g/mol. The number of ether oxygens (including phenoxy) is 3. The van der Waals surface area contributed by atoms with Crippen molar-refractivity contribution in [3.05, 3.63) is 65.2 Å². The fraction of sp³-hybridized carbons (Fsp3) is 0.500. The summed E-state index contributed by atoms with van der Waals surface area (Å²) in [6, 6.07) is 16.2. The summed E-state index contributed by atoms with van der Waals surface area (Å²) in [6.07, 6.45) is 3.62. The molecule has 0 radical (unpaired) electrons. The van der Waals surface area contributed by atoms with Crippen molar-refractivity contribution in [3.63, 3.8) is 0 Å². The van der Waals surface area contributed by atoms with E-state index in [0.29, 0.717) is 31.0 Å². The molecule has 0 N–H and O–H groups in total. The highest BCUT2D eigenvalue weighted by Gasteiger charge is 2.45. The third kappa shape index (κ3) is 4.63. The Morgan fingerprint density at radius 3 is 2.55 bits per heavy atom. The highest BCUT2D eigenvalue weighted by molar-refractivity contribution is 5.98. The van der Waals surface area contributed by atoms with Crippen LogP contribution in [0.5, 0.6) is 5.75 Å². The number of methoxy groups -OCH3 is 1. The molecular formula is C26H33NO4. The number of aryl methyl sites for hydroxylation is 1. The van der Waals surface area contributed by atoms with Crippen molar-refractivity contribution in [2.75, 3.05) is 26.8 Å². The average Bonchev–Trinajstić information content (AvgIpc) is 2.79. The number of carbonyl (C=O) groups is 1. The van der Waals surface area contributed by atoms with Crippen LogP contribution in [-0.2, 0) is 9.47 Å². The van der Waals surface area contributed by atoms with Crippen LogP contribution in [0.4, 0.5) is 0 Å². The van der Waals surface area contributed by atoms with Crippen molar-refractivity contribution < 1.29 is 19.0 Å². The molecular weight excluding hydrogens is 390 g/mol. The largest absolute Gasteiger partial charge is 0.496 e. The fourth-order valence-electron chi connectivity index (χ4n) is 5.05. The Labute approximate surface area is 185 Å². The molecule has 0 saturated carbocycles. The van der Waals surface area contributed by atoms with Crippen LogP contribution in [0, 0.1) is 6.92 Å².